The Kier molecular flexibility index (Phi) is 3.64. The van der Waals surface area contributed by atoms with Crippen LogP contribution in [0.5, 0.6) is 0 Å². The van der Waals surface area contributed by atoms with Gasteiger partial charge in [0.1, 0.15) is 0 Å². The molecule has 15 heavy (non-hydrogen) atoms. The summed E-state index contributed by atoms with van der Waals surface area (Å²) in [5, 5.41) is 3.20. The first kappa shape index (κ1) is 11.9. The highest BCUT2D eigenvalue weighted by molar-refractivity contribution is 6.03. The number of Topliss-reactive ketones (excluding diaryl/α,β-unsaturated/α-hetero) is 1. The van der Waals surface area contributed by atoms with Crippen LogP contribution in [0.2, 0.25) is 0 Å². The number of hydrogen-bond acceptors (Lipinski definition) is 2. The Morgan fingerprint density at radius 2 is 1.93 bits per heavy atom. The second kappa shape index (κ2) is 4.58. The third kappa shape index (κ3) is 2.66. The molecule has 0 aliphatic heterocycles. The molecular formula is C13H19NO. The summed E-state index contributed by atoms with van der Waals surface area (Å²) in [6.45, 7) is 8.61. The lowest BCUT2D eigenvalue weighted by Crippen LogP contribution is -2.46. The molecule has 2 nitrogen and oxygen atoms in total. The second-order valence-electron chi connectivity index (χ2n) is 4.30. The molecule has 0 atom stereocenters. The zero-order valence-corrected chi connectivity index (χ0v) is 9.92. The van der Waals surface area contributed by atoms with Gasteiger partial charge in [0, 0.05) is 5.56 Å². The van der Waals surface area contributed by atoms with E-state index in [0.29, 0.717) is 0 Å². The van der Waals surface area contributed by atoms with E-state index in [2.05, 4.69) is 5.32 Å². The fraction of sp³-hybridized carbons (Fsp3) is 0.462. The van der Waals surface area contributed by atoms with E-state index in [1.807, 2.05) is 52.0 Å². The molecule has 0 heterocycles. The predicted molar refractivity (Wildman–Crippen MR) is 63.3 cm³/mol. The number of rotatable bonds is 4. The topological polar surface area (TPSA) is 29.1 Å². The molecule has 1 aromatic carbocycles. The van der Waals surface area contributed by atoms with E-state index in [9.17, 15) is 4.79 Å². The number of carbonyl (C=O) groups excluding carboxylic acids is 1. The van der Waals surface area contributed by atoms with Crippen molar-refractivity contribution in [1.29, 1.82) is 0 Å². The van der Waals surface area contributed by atoms with Gasteiger partial charge in [-0.25, -0.2) is 0 Å². The van der Waals surface area contributed by atoms with Crippen LogP contribution in [0.15, 0.2) is 24.3 Å². The SMILES string of the molecule is CCNC(C)(C)C(=O)c1ccccc1C. The second-order valence-corrected chi connectivity index (χ2v) is 4.30. The van der Waals surface area contributed by atoms with Gasteiger partial charge in [0.15, 0.2) is 5.78 Å². The van der Waals surface area contributed by atoms with Gasteiger partial charge in [0.25, 0.3) is 0 Å². The molecule has 1 rings (SSSR count). The number of aryl methyl sites for hydroxylation is 1. The molecule has 0 amide bonds. The van der Waals surface area contributed by atoms with Crippen LogP contribution in [0.1, 0.15) is 36.7 Å². The molecule has 0 bridgehead atoms. The van der Waals surface area contributed by atoms with Crippen molar-refractivity contribution in [3.05, 3.63) is 35.4 Å². The van der Waals surface area contributed by atoms with E-state index in [4.69, 9.17) is 0 Å². The Morgan fingerprint density at radius 3 is 2.47 bits per heavy atom. The number of hydrogen-bond donors (Lipinski definition) is 1. The maximum absolute atomic E-state index is 12.2. The minimum Gasteiger partial charge on any atom is -0.305 e. The molecular weight excluding hydrogens is 186 g/mol. The third-order valence-corrected chi connectivity index (χ3v) is 2.58. The van der Waals surface area contributed by atoms with Gasteiger partial charge >= 0.3 is 0 Å². The van der Waals surface area contributed by atoms with Gasteiger partial charge in [-0.05, 0) is 32.9 Å². The lowest BCUT2D eigenvalue weighted by molar-refractivity contribution is 0.0883. The molecule has 2 heteroatoms. The fourth-order valence-electron chi connectivity index (χ4n) is 1.69. The first-order valence-electron chi connectivity index (χ1n) is 5.34. The van der Waals surface area contributed by atoms with Crippen LogP contribution in [0.3, 0.4) is 0 Å². The minimum absolute atomic E-state index is 0.155. The first-order valence-corrected chi connectivity index (χ1v) is 5.34. The number of ketones is 1. The van der Waals surface area contributed by atoms with Crippen molar-refractivity contribution in [3.63, 3.8) is 0 Å². The first-order chi connectivity index (χ1) is 6.99. The molecule has 1 aromatic rings. The quantitative estimate of drug-likeness (QED) is 0.765. The van der Waals surface area contributed by atoms with Gasteiger partial charge in [0.2, 0.25) is 0 Å². The Labute approximate surface area is 91.7 Å². The highest BCUT2D eigenvalue weighted by Crippen LogP contribution is 2.16. The highest BCUT2D eigenvalue weighted by atomic mass is 16.1. The van der Waals surface area contributed by atoms with Crippen molar-refractivity contribution in [3.8, 4) is 0 Å². The largest absolute Gasteiger partial charge is 0.305 e. The molecule has 82 valence electrons. The van der Waals surface area contributed by atoms with Crippen molar-refractivity contribution < 1.29 is 4.79 Å². The van der Waals surface area contributed by atoms with E-state index in [0.717, 1.165) is 17.7 Å². The smallest absolute Gasteiger partial charge is 0.182 e. The number of likely N-dealkylation sites (N-methyl/N-ethyl adjacent to an activating group) is 1. The van der Waals surface area contributed by atoms with Crippen LogP contribution in [-0.2, 0) is 0 Å². The number of nitrogens with one attached hydrogen (secondary N) is 1. The normalized spacial score (nSPS) is 11.5. The van der Waals surface area contributed by atoms with Crippen molar-refractivity contribution >= 4 is 5.78 Å². The third-order valence-electron chi connectivity index (χ3n) is 2.58. The maximum Gasteiger partial charge on any atom is 0.182 e. The van der Waals surface area contributed by atoms with Gasteiger partial charge in [-0.2, -0.15) is 0 Å². The Bertz CT molecular complexity index is 355. The lowest BCUT2D eigenvalue weighted by Gasteiger charge is -2.24. The maximum atomic E-state index is 12.2. The van der Waals surface area contributed by atoms with Crippen molar-refractivity contribution in [2.24, 2.45) is 0 Å². The monoisotopic (exact) mass is 205 g/mol. The fourth-order valence-corrected chi connectivity index (χ4v) is 1.69. The average molecular weight is 205 g/mol. The number of benzene rings is 1. The summed E-state index contributed by atoms with van der Waals surface area (Å²) < 4.78 is 0. The summed E-state index contributed by atoms with van der Waals surface area (Å²) in [6, 6.07) is 7.71. The molecule has 0 fully saturated rings. The summed E-state index contributed by atoms with van der Waals surface area (Å²) in [7, 11) is 0. The van der Waals surface area contributed by atoms with E-state index in [-0.39, 0.29) is 5.78 Å². The molecule has 0 unspecified atom stereocenters. The molecule has 0 radical (unpaired) electrons. The summed E-state index contributed by atoms with van der Waals surface area (Å²) in [5.74, 6) is 0.155. The van der Waals surface area contributed by atoms with E-state index < -0.39 is 5.54 Å². The Hall–Kier alpha value is -1.15. The zero-order valence-electron chi connectivity index (χ0n) is 9.92. The van der Waals surface area contributed by atoms with Gasteiger partial charge in [-0.1, -0.05) is 31.2 Å². The lowest BCUT2D eigenvalue weighted by atomic mass is 9.91. The van der Waals surface area contributed by atoms with Gasteiger partial charge < -0.3 is 5.32 Å². The number of carbonyl (C=O) groups is 1. The van der Waals surface area contributed by atoms with Crippen LogP contribution >= 0.6 is 0 Å². The van der Waals surface area contributed by atoms with Crippen LogP contribution in [-0.4, -0.2) is 17.9 Å². The summed E-state index contributed by atoms with van der Waals surface area (Å²) in [6.07, 6.45) is 0. The van der Waals surface area contributed by atoms with E-state index in [1.54, 1.807) is 0 Å². The molecule has 0 aromatic heterocycles. The van der Waals surface area contributed by atoms with Crippen LogP contribution in [0.4, 0.5) is 0 Å². The standard InChI is InChI=1S/C13H19NO/c1-5-14-13(3,4)12(15)11-9-7-6-8-10(11)2/h6-9,14H,5H2,1-4H3. The Balaban J connectivity index is 2.99. The summed E-state index contributed by atoms with van der Waals surface area (Å²) in [4.78, 5) is 12.2. The molecule has 0 saturated carbocycles. The molecule has 0 aliphatic carbocycles. The zero-order chi connectivity index (χ0) is 11.5. The molecule has 0 saturated heterocycles. The van der Waals surface area contributed by atoms with Crippen LogP contribution in [0.25, 0.3) is 0 Å². The summed E-state index contributed by atoms with van der Waals surface area (Å²) in [5.41, 5.74) is 1.36. The predicted octanol–water partition coefficient (Wildman–Crippen LogP) is 2.57. The van der Waals surface area contributed by atoms with E-state index >= 15 is 0 Å². The van der Waals surface area contributed by atoms with Gasteiger partial charge in [-0.15, -0.1) is 0 Å². The minimum atomic E-state index is -0.485. The summed E-state index contributed by atoms with van der Waals surface area (Å²) >= 11 is 0. The van der Waals surface area contributed by atoms with Gasteiger partial charge in [0.05, 0.1) is 5.54 Å². The van der Waals surface area contributed by atoms with Crippen molar-refractivity contribution in [1.82, 2.24) is 5.32 Å². The molecule has 0 spiro atoms. The average Bonchev–Trinajstić information content (AvgIpc) is 2.17. The van der Waals surface area contributed by atoms with Crippen molar-refractivity contribution in [2.45, 2.75) is 33.2 Å². The van der Waals surface area contributed by atoms with Crippen LogP contribution in [0, 0.1) is 6.92 Å². The van der Waals surface area contributed by atoms with Crippen LogP contribution < -0.4 is 5.32 Å². The Morgan fingerprint density at radius 1 is 1.33 bits per heavy atom. The molecule has 1 N–H and O–H groups in total. The molecule has 0 aliphatic rings. The highest BCUT2D eigenvalue weighted by Gasteiger charge is 2.27. The van der Waals surface area contributed by atoms with Crippen molar-refractivity contribution in [2.75, 3.05) is 6.54 Å². The van der Waals surface area contributed by atoms with E-state index in [1.165, 1.54) is 0 Å². The van der Waals surface area contributed by atoms with Gasteiger partial charge in [-0.3, -0.25) is 4.79 Å².